The summed E-state index contributed by atoms with van der Waals surface area (Å²) in [5, 5.41) is 29.9. The van der Waals surface area contributed by atoms with Gasteiger partial charge in [-0.05, 0) is 123 Å². The second kappa shape index (κ2) is 8.38. The summed E-state index contributed by atoms with van der Waals surface area (Å²) in [7, 11) is 0. The third-order valence-electron chi connectivity index (χ3n) is 4.80. The highest BCUT2D eigenvalue weighted by Crippen LogP contribution is 2.45. The van der Waals surface area contributed by atoms with Gasteiger partial charge in [0.05, 0.1) is 17.9 Å². The van der Waals surface area contributed by atoms with Crippen molar-refractivity contribution in [2.45, 2.75) is 18.8 Å². The third kappa shape index (κ3) is 4.27. The molecular formula is C21H16Br4O3. The average molecular weight is 636 g/mol. The van der Waals surface area contributed by atoms with Gasteiger partial charge in [0.15, 0.2) is 0 Å². The fourth-order valence-electron chi connectivity index (χ4n) is 3.16. The highest BCUT2D eigenvalue weighted by atomic mass is 79.9. The number of phenols is 3. The minimum absolute atomic E-state index is 0.142. The normalized spacial score (nSPS) is 11.6. The quantitative estimate of drug-likeness (QED) is 0.280. The van der Waals surface area contributed by atoms with Crippen LogP contribution in [0.2, 0.25) is 0 Å². The van der Waals surface area contributed by atoms with Gasteiger partial charge in [0.1, 0.15) is 17.2 Å². The molecule has 0 atom stereocenters. The van der Waals surface area contributed by atoms with Crippen LogP contribution in [0.25, 0.3) is 0 Å². The van der Waals surface area contributed by atoms with E-state index in [0.29, 0.717) is 24.3 Å². The lowest BCUT2D eigenvalue weighted by Gasteiger charge is -2.32. The number of aromatic hydroxyl groups is 3. The summed E-state index contributed by atoms with van der Waals surface area (Å²) in [5.41, 5.74) is 2.50. The topological polar surface area (TPSA) is 60.7 Å². The lowest BCUT2D eigenvalue weighted by atomic mass is 9.72. The Hall–Kier alpha value is -1.02. The molecule has 0 fully saturated rings. The van der Waals surface area contributed by atoms with Crippen molar-refractivity contribution in [2.24, 2.45) is 0 Å². The Kier molecular flexibility index (Phi) is 6.49. The van der Waals surface area contributed by atoms with E-state index in [-0.39, 0.29) is 17.2 Å². The Morgan fingerprint density at radius 1 is 0.679 bits per heavy atom. The molecule has 0 saturated heterocycles. The van der Waals surface area contributed by atoms with Crippen LogP contribution in [0.4, 0.5) is 0 Å². The highest BCUT2D eigenvalue weighted by molar-refractivity contribution is 9.11. The van der Waals surface area contributed by atoms with Crippen LogP contribution in [-0.4, -0.2) is 15.3 Å². The van der Waals surface area contributed by atoms with E-state index in [0.717, 1.165) is 16.7 Å². The maximum atomic E-state index is 10.1. The first-order valence-electron chi connectivity index (χ1n) is 8.26. The van der Waals surface area contributed by atoms with Crippen molar-refractivity contribution in [3.8, 4) is 17.2 Å². The minimum Gasteiger partial charge on any atom is -0.508 e. The first kappa shape index (κ1) is 21.7. The van der Waals surface area contributed by atoms with Gasteiger partial charge in [0, 0.05) is 5.41 Å². The van der Waals surface area contributed by atoms with Gasteiger partial charge in [-0.2, -0.15) is 0 Å². The predicted molar refractivity (Wildman–Crippen MR) is 125 cm³/mol. The van der Waals surface area contributed by atoms with E-state index in [9.17, 15) is 15.3 Å². The van der Waals surface area contributed by atoms with Gasteiger partial charge >= 0.3 is 0 Å². The summed E-state index contributed by atoms with van der Waals surface area (Å²) < 4.78 is 2.35. The van der Waals surface area contributed by atoms with Crippen molar-refractivity contribution < 1.29 is 15.3 Å². The zero-order chi connectivity index (χ0) is 20.6. The van der Waals surface area contributed by atoms with E-state index in [1.807, 2.05) is 36.4 Å². The number of phenolic OH excluding ortho intramolecular Hbond substituents is 3. The Morgan fingerprint density at radius 3 is 1.39 bits per heavy atom. The number of benzene rings is 3. The second-order valence-corrected chi connectivity index (χ2v) is 10.2. The smallest absolute Gasteiger partial charge is 0.143 e. The Morgan fingerprint density at radius 2 is 1.04 bits per heavy atom. The highest BCUT2D eigenvalue weighted by Gasteiger charge is 2.32. The van der Waals surface area contributed by atoms with Gasteiger partial charge < -0.3 is 15.3 Å². The molecule has 0 aliphatic carbocycles. The molecule has 0 bridgehead atoms. The van der Waals surface area contributed by atoms with E-state index in [2.05, 4.69) is 70.6 Å². The summed E-state index contributed by atoms with van der Waals surface area (Å²) in [5.74, 6) is 0.503. The standard InChI is InChI=1S/C21H16Br4O3/c1-21(10-11-2-4-14(26)5-3-11,12-6-15(22)19(27)16(23)7-12)13-8-17(24)20(28)18(25)9-13/h2-9,26-28H,10H2,1H3. The summed E-state index contributed by atoms with van der Waals surface area (Å²) in [6.07, 6.45) is 0.639. The zero-order valence-corrected chi connectivity index (χ0v) is 21.0. The molecule has 0 heterocycles. The molecule has 3 rings (SSSR count). The molecule has 0 amide bonds. The number of rotatable bonds is 4. The molecule has 3 aromatic carbocycles. The largest absolute Gasteiger partial charge is 0.508 e. The molecule has 3 aromatic rings. The van der Waals surface area contributed by atoms with Crippen LogP contribution in [0.15, 0.2) is 66.4 Å². The summed E-state index contributed by atoms with van der Waals surface area (Å²) in [6, 6.07) is 14.7. The van der Waals surface area contributed by atoms with Crippen molar-refractivity contribution in [1.29, 1.82) is 0 Å². The van der Waals surface area contributed by atoms with Crippen LogP contribution in [0.5, 0.6) is 17.2 Å². The molecule has 3 N–H and O–H groups in total. The van der Waals surface area contributed by atoms with Gasteiger partial charge in [-0.3, -0.25) is 0 Å². The van der Waals surface area contributed by atoms with Gasteiger partial charge in [0.2, 0.25) is 0 Å². The molecule has 28 heavy (non-hydrogen) atoms. The molecule has 0 spiro atoms. The van der Waals surface area contributed by atoms with Crippen LogP contribution < -0.4 is 0 Å². The van der Waals surface area contributed by atoms with Gasteiger partial charge in [0.25, 0.3) is 0 Å². The van der Waals surface area contributed by atoms with Crippen molar-refractivity contribution in [1.82, 2.24) is 0 Å². The Balaban J connectivity index is 2.22. The van der Waals surface area contributed by atoms with Gasteiger partial charge in [-0.1, -0.05) is 19.1 Å². The first-order valence-corrected chi connectivity index (χ1v) is 11.4. The van der Waals surface area contributed by atoms with Crippen molar-refractivity contribution in [2.75, 3.05) is 0 Å². The minimum atomic E-state index is -0.492. The molecule has 0 aliphatic rings. The number of hydrogen-bond donors (Lipinski definition) is 3. The molecule has 146 valence electrons. The first-order chi connectivity index (χ1) is 13.1. The Bertz CT molecular complexity index is 929. The van der Waals surface area contributed by atoms with Crippen molar-refractivity contribution in [3.63, 3.8) is 0 Å². The van der Waals surface area contributed by atoms with E-state index in [1.165, 1.54) is 0 Å². The summed E-state index contributed by atoms with van der Waals surface area (Å²) >= 11 is 13.7. The van der Waals surface area contributed by atoms with E-state index in [4.69, 9.17) is 0 Å². The van der Waals surface area contributed by atoms with Crippen LogP contribution in [0.3, 0.4) is 0 Å². The fourth-order valence-corrected chi connectivity index (χ4v) is 5.53. The third-order valence-corrected chi connectivity index (χ3v) is 7.22. The maximum Gasteiger partial charge on any atom is 0.143 e. The summed E-state index contributed by atoms with van der Waals surface area (Å²) in [6.45, 7) is 2.11. The lowest BCUT2D eigenvalue weighted by Crippen LogP contribution is -2.27. The van der Waals surface area contributed by atoms with Crippen LogP contribution in [-0.2, 0) is 11.8 Å². The SMILES string of the molecule is CC(Cc1ccc(O)cc1)(c1cc(Br)c(O)c(Br)c1)c1cc(Br)c(O)c(Br)c1. The van der Waals surface area contributed by atoms with Crippen LogP contribution in [0.1, 0.15) is 23.6 Å². The van der Waals surface area contributed by atoms with E-state index in [1.54, 1.807) is 12.1 Å². The van der Waals surface area contributed by atoms with E-state index < -0.39 is 5.41 Å². The van der Waals surface area contributed by atoms with Gasteiger partial charge in [-0.15, -0.1) is 0 Å². The van der Waals surface area contributed by atoms with Crippen LogP contribution >= 0.6 is 63.7 Å². The molecule has 0 aromatic heterocycles. The fraction of sp³-hybridized carbons (Fsp3) is 0.143. The zero-order valence-electron chi connectivity index (χ0n) is 14.7. The molecule has 7 heteroatoms. The van der Waals surface area contributed by atoms with Gasteiger partial charge in [-0.25, -0.2) is 0 Å². The van der Waals surface area contributed by atoms with Crippen molar-refractivity contribution >= 4 is 63.7 Å². The Labute approximate surface area is 196 Å². The summed E-state index contributed by atoms with van der Waals surface area (Å²) in [4.78, 5) is 0. The monoisotopic (exact) mass is 632 g/mol. The maximum absolute atomic E-state index is 10.1. The number of hydrogen-bond acceptors (Lipinski definition) is 3. The molecular weight excluding hydrogens is 620 g/mol. The molecule has 3 nitrogen and oxygen atoms in total. The average Bonchev–Trinajstić information content (AvgIpc) is 2.65. The second-order valence-electron chi connectivity index (χ2n) is 6.75. The number of halogens is 4. The molecule has 0 saturated carbocycles. The predicted octanol–water partition coefficient (Wildman–Crippen LogP) is 7.40. The van der Waals surface area contributed by atoms with E-state index >= 15 is 0 Å². The molecule has 0 radical (unpaired) electrons. The lowest BCUT2D eigenvalue weighted by molar-refractivity contribution is 0.465. The van der Waals surface area contributed by atoms with Crippen LogP contribution in [0, 0.1) is 0 Å². The van der Waals surface area contributed by atoms with Crippen molar-refractivity contribution in [3.05, 3.63) is 83.1 Å². The molecule has 0 unspecified atom stereocenters. The molecule has 0 aliphatic heterocycles.